The molecule has 0 spiro atoms. The standard InChI is InChI=1S/C18H17NO2/c1-12(13-5-3-2-4-6-13)18(21)15-7-9-16-14(11-15)8-10-17(20)19-16/h2-7,9,11-12H,8,10H2,1H3,(H,19,20). The Bertz CT molecular complexity index is 692. The van der Waals surface area contributed by atoms with Crippen molar-refractivity contribution in [1.82, 2.24) is 0 Å². The first kappa shape index (κ1) is 13.6. The van der Waals surface area contributed by atoms with Gasteiger partial charge in [0.1, 0.15) is 0 Å². The molecule has 106 valence electrons. The van der Waals surface area contributed by atoms with Crippen LogP contribution in [0.25, 0.3) is 0 Å². The van der Waals surface area contributed by atoms with E-state index in [1.165, 1.54) is 0 Å². The molecule has 1 heterocycles. The zero-order valence-corrected chi connectivity index (χ0v) is 11.9. The number of aryl methyl sites for hydroxylation is 1. The van der Waals surface area contributed by atoms with Gasteiger partial charge in [-0.05, 0) is 35.7 Å². The summed E-state index contributed by atoms with van der Waals surface area (Å²) in [6.07, 6.45) is 1.18. The SMILES string of the molecule is CC(C(=O)c1ccc2c(c1)CCC(=O)N2)c1ccccc1. The Kier molecular flexibility index (Phi) is 3.57. The number of hydrogen-bond donors (Lipinski definition) is 1. The van der Waals surface area contributed by atoms with Gasteiger partial charge in [0.05, 0.1) is 0 Å². The lowest BCUT2D eigenvalue weighted by molar-refractivity contribution is -0.116. The molecule has 21 heavy (non-hydrogen) atoms. The molecule has 2 aromatic carbocycles. The van der Waals surface area contributed by atoms with Gasteiger partial charge in [-0.25, -0.2) is 0 Å². The molecule has 0 radical (unpaired) electrons. The highest BCUT2D eigenvalue weighted by molar-refractivity contribution is 6.02. The minimum atomic E-state index is -0.164. The monoisotopic (exact) mass is 279 g/mol. The Hall–Kier alpha value is -2.42. The number of carbonyl (C=O) groups is 2. The number of nitrogens with one attached hydrogen (secondary N) is 1. The summed E-state index contributed by atoms with van der Waals surface area (Å²) in [5.41, 5.74) is 3.60. The number of Topliss-reactive ketones (excluding diaryl/α,β-unsaturated/α-hetero) is 1. The Labute approximate surface area is 124 Å². The first-order valence-corrected chi connectivity index (χ1v) is 7.17. The van der Waals surface area contributed by atoms with E-state index >= 15 is 0 Å². The van der Waals surface area contributed by atoms with Crippen molar-refractivity contribution >= 4 is 17.4 Å². The van der Waals surface area contributed by atoms with Gasteiger partial charge in [-0.1, -0.05) is 37.3 Å². The average molecular weight is 279 g/mol. The Morgan fingerprint density at radius 3 is 2.62 bits per heavy atom. The highest BCUT2D eigenvalue weighted by atomic mass is 16.1. The highest BCUT2D eigenvalue weighted by Gasteiger charge is 2.20. The second-order valence-electron chi connectivity index (χ2n) is 5.42. The van der Waals surface area contributed by atoms with Crippen LogP contribution in [0, 0.1) is 0 Å². The second-order valence-corrected chi connectivity index (χ2v) is 5.42. The van der Waals surface area contributed by atoms with E-state index in [1.54, 1.807) is 6.07 Å². The molecule has 0 aromatic heterocycles. The van der Waals surface area contributed by atoms with Crippen LogP contribution in [-0.4, -0.2) is 11.7 Å². The van der Waals surface area contributed by atoms with Crippen molar-refractivity contribution < 1.29 is 9.59 Å². The van der Waals surface area contributed by atoms with Crippen molar-refractivity contribution in [2.24, 2.45) is 0 Å². The number of ketones is 1. The molecule has 3 nitrogen and oxygen atoms in total. The van der Waals surface area contributed by atoms with Crippen LogP contribution >= 0.6 is 0 Å². The lowest BCUT2D eigenvalue weighted by Gasteiger charge is -2.18. The van der Waals surface area contributed by atoms with Gasteiger partial charge in [0.25, 0.3) is 0 Å². The molecule has 1 amide bonds. The molecular weight excluding hydrogens is 262 g/mol. The third-order valence-corrected chi connectivity index (χ3v) is 3.98. The topological polar surface area (TPSA) is 46.2 Å². The van der Waals surface area contributed by atoms with Gasteiger partial charge in [-0.2, -0.15) is 0 Å². The van der Waals surface area contributed by atoms with Crippen LogP contribution in [0.1, 0.15) is 40.7 Å². The second kappa shape index (κ2) is 5.52. The van der Waals surface area contributed by atoms with Gasteiger partial charge in [0.15, 0.2) is 5.78 Å². The number of hydrogen-bond acceptors (Lipinski definition) is 2. The van der Waals surface area contributed by atoms with Crippen LogP contribution < -0.4 is 5.32 Å². The van der Waals surface area contributed by atoms with E-state index in [1.807, 2.05) is 49.4 Å². The minimum absolute atomic E-state index is 0.0410. The number of amides is 1. The maximum Gasteiger partial charge on any atom is 0.224 e. The summed E-state index contributed by atoms with van der Waals surface area (Å²) in [4.78, 5) is 24.0. The zero-order valence-electron chi connectivity index (χ0n) is 11.9. The fourth-order valence-electron chi connectivity index (χ4n) is 2.68. The maximum atomic E-state index is 12.6. The van der Waals surface area contributed by atoms with Crippen LogP contribution in [0.4, 0.5) is 5.69 Å². The Balaban J connectivity index is 1.87. The number of carbonyl (C=O) groups excluding carboxylic acids is 2. The first-order chi connectivity index (χ1) is 10.1. The van der Waals surface area contributed by atoms with Crippen molar-refractivity contribution in [2.75, 3.05) is 5.32 Å². The van der Waals surface area contributed by atoms with E-state index in [9.17, 15) is 9.59 Å². The normalized spacial score (nSPS) is 15.0. The van der Waals surface area contributed by atoms with Crippen molar-refractivity contribution in [3.05, 3.63) is 65.2 Å². The van der Waals surface area contributed by atoms with E-state index < -0.39 is 0 Å². The smallest absolute Gasteiger partial charge is 0.224 e. The molecule has 0 bridgehead atoms. The first-order valence-electron chi connectivity index (χ1n) is 7.17. The van der Waals surface area contributed by atoms with Crippen molar-refractivity contribution in [2.45, 2.75) is 25.7 Å². The predicted molar refractivity (Wildman–Crippen MR) is 82.6 cm³/mol. The maximum absolute atomic E-state index is 12.6. The van der Waals surface area contributed by atoms with Crippen LogP contribution in [0.2, 0.25) is 0 Å². The van der Waals surface area contributed by atoms with Crippen molar-refractivity contribution in [3.63, 3.8) is 0 Å². The summed E-state index contributed by atoms with van der Waals surface area (Å²) < 4.78 is 0. The molecule has 0 saturated carbocycles. The molecule has 0 saturated heterocycles. The zero-order chi connectivity index (χ0) is 14.8. The molecule has 0 fully saturated rings. The summed E-state index contributed by atoms with van der Waals surface area (Å²) in [6, 6.07) is 15.3. The number of benzene rings is 2. The van der Waals surface area contributed by atoms with Crippen LogP contribution in [0.15, 0.2) is 48.5 Å². The fraction of sp³-hybridized carbons (Fsp3) is 0.222. The summed E-state index contributed by atoms with van der Waals surface area (Å²) in [6.45, 7) is 1.93. The quantitative estimate of drug-likeness (QED) is 0.873. The summed E-state index contributed by atoms with van der Waals surface area (Å²) in [5, 5.41) is 2.84. The molecule has 3 rings (SSSR count). The molecule has 1 N–H and O–H groups in total. The molecule has 3 heteroatoms. The number of rotatable bonds is 3. The number of fused-ring (bicyclic) bond motifs is 1. The molecule has 0 aliphatic carbocycles. The largest absolute Gasteiger partial charge is 0.326 e. The number of anilines is 1. The third-order valence-electron chi connectivity index (χ3n) is 3.98. The molecular formula is C18H17NO2. The Morgan fingerprint density at radius 1 is 1.10 bits per heavy atom. The van der Waals surface area contributed by atoms with E-state index in [0.717, 1.165) is 16.8 Å². The average Bonchev–Trinajstić information content (AvgIpc) is 2.53. The van der Waals surface area contributed by atoms with E-state index in [4.69, 9.17) is 0 Å². The van der Waals surface area contributed by atoms with Gasteiger partial charge in [0.2, 0.25) is 5.91 Å². The van der Waals surface area contributed by atoms with Crippen LogP contribution in [0.5, 0.6) is 0 Å². The van der Waals surface area contributed by atoms with E-state index in [2.05, 4.69) is 5.32 Å². The molecule has 1 aliphatic rings. The lowest BCUT2D eigenvalue weighted by atomic mass is 9.90. The van der Waals surface area contributed by atoms with Gasteiger partial charge >= 0.3 is 0 Å². The highest BCUT2D eigenvalue weighted by Crippen LogP contribution is 2.26. The van der Waals surface area contributed by atoms with E-state index in [-0.39, 0.29) is 17.6 Å². The van der Waals surface area contributed by atoms with Crippen molar-refractivity contribution in [1.29, 1.82) is 0 Å². The Morgan fingerprint density at radius 2 is 1.86 bits per heavy atom. The molecule has 1 aliphatic heterocycles. The summed E-state index contributed by atoms with van der Waals surface area (Å²) >= 11 is 0. The summed E-state index contributed by atoms with van der Waals surface area (Å²) in [5.74, 6) is -0.0115. The van der Waals surface area contributed by atoms with E-state index in [0.29, 0.717) is 18.4 Å². The van der Waals surface area contributed by atoms with Crippen LogP contribution in [-0.2, 0) is 11.2 Å². The molecule has 1 atom stereocenters. The molecule has 2 aromatic rings. The van der Waals surface area contributed by atoms with Gasteiger partial charge in [-0.15, -0.1) is 0 Å². The minimum Gasteiger partial charge on any atom is -0.326 e. The molecule has 1 unspecified atom stereocenters. The fourth-order valence-corrected chi connectivity index (χ4v) is 2.68. The predicted octanol–water partition coefficient (Wildman–Crippen LogP) is 3.56. The summed E-state index contributed by atoms with van der Waals surface area (Å²) in [7, 11) is 0. The van der Waals surface area contributed by atoms with Gasteiger partial charge in [-0.3, -0.25) is 9.59 Å². The van der Waals surface area contributed by atoms with Gasteiger partial charge in [0, 0.05) is 23.6 Å². The van der Waals surface area contributed by atoms with Crippen molar-refractivity contribution in [3.8, 4) is 0 Å². The lowest BCUT2D eigenvalue weighted by Crippen LogP contribution is -2.19. The van der Waals surface area contributed by atoms with Gasteiger partial charge < -0.3 is 5.32 Å². The van der Waals surface area contributed by atoms with Crippen LogP contribution in [0.3, 0.4) is 0 Å². The third kappa shape index (κ3) is 2.72.